The van der Waals surface area contributed by atoms with Crippen LogP contribution in [0.4, 0.5) is 0 Å². The molecular formula is C46H67NO7. The van der Waals surface area contributed by atoms with E-state index < -0.39 is 28.9 Å². The van der Waals surface area contributed by atoms with Crippen LogP contribution < -0.4 is 0 Å². The SMILES string of the molecule is CC(=O)N(Cc1ccccc1)CC(O)C12CC[C@]3(C)[C@H](CC[C@@H]4[C@@]5(C)CC[C@H](OC(=O)CC(C)(C)C(=O)O)C(C)(C)[C@@H]5CC[C@]43C)C1=C(C(C)C)C(=O)C2. The van der Waals surface area contributed by atoms with E-state index in [4.69, 9.17) is 4.74 Å². The third kappa shape index (κ3) is 6.29. The summed E-state index contributed by atoms with van der Waals surface area (Å²) >= 11 is 0. The second kappa shape index (κ2) is 13.9. The van der Waals surface area contributed by atoms with Gasteiger partial charge in [0.25, 0.3) is 0 Å². The fraction of sp³-hybridized carbons (Fsp3) is 0.739. The number of carbonyl (C=O) groups is 4. The number of nitrogens with zero attached hydrogens (tertiary/aromatic N) is 1. The lowest BCUT2D eigenvalue weighted by atomic mass is 9.33. The molecule has 8 heteroatoms. The standard InChI is InChI=1S/C46H67NO7/c1-28(2)38-32(49)24-46(35(50)27-47(29(3)48)26-30-14-12-11-13-15-30)23-22-44(9)31(39(38)46)16-17-34-43(8)20-19-36(54-37(51)25-41(4,5)40(52)53)42(6,7)33(43)18-21-45(34,44)10/h11-15,28,31,33-36,50H,16-27H2,1-10H3,(H,52,53)/t31-,33+,34-,35?,36+,43+,44-,45-,46?/m1/s1. The number of hydrogen-bond donors (Lipinski definition) is 2. The zero-order valence-electron chi connectivity index (χ0n) is 34.7. The lowest BCUT2D eigenvalue weighted by Crippen LogP contribution is -2.66. The number of benzene rings is 1. The number of rotatable bonds is 10. The van der Waals surface area contributed by atoms with E-state index in [2.05, 4.69) is 48.5 Å². The third-order valence-corrected chi connectivity index (χ3v) is 16.6. The maximum atomic E-state index is 14.2. The van der Waals surface area contributed by atoms with Crippen molar-refractivity contribution in [1.82, 2.24) is 4.90 Å². The topological polar surface area (TPSA) is 121 Å². The summed E-state index contributed by atoms with van der Waals surface area (Å²) in [5, 5.41) is 22.0. The largest absolute Gasteiger partial charge is 0.481 e. The van der Waals surface area contributed by atoms with Gasteiger partial charge in [0, 0.05) is 37.3 Å². The van der Waals surface area contributed by atoms with Gasteiger partial charge in [-0.25, -0.2) is 0 Å². The van der Waals surface area contributed by atoms with Crippen molar-refractivity contribution in [3.05, 3.63) is 47.0 Å². The van der Waals surface area contributed by atoms with Gasteiger partial charge < -0.3 is 19.8 Å². The van der Waals surface area contributed by atoms with Crippen molar-refractivity contribution in [2.24, 2.45) is 56.2 Å². The van der Waals surface area contributed by atoms with Crippen LogP contribution in [0.1, 0.15) is 139 Å². The van der Waals surface area contributed by atoms with Crippen LogP contribution in [0.2, 0.25) is 0 Å². The Morgan fingerprint density at radius 2 is 1.57 bits per heavy atom. The van der Waals surface area contributed by atoms with Gasteiger partial charge in [-0.15, -0.1) is 0 Å². The lowest BCUT2D eigenvalue weighted by Gasteiger charge is -2.72. The molecule has 0 radical (unpaired) electrons. The van der Waals surface area contributed by atoms with Crippen LogP contribution in [0.25, 0.3) is 0 Å². The van der Waals surface area contributed by atoms with E-state index in [1.54, 1.807) is 25.7 Å². The smallest absolute Gasteiger partial charge is 0.309 e. The molecule has 0 bridgehead atoms. The monoisotopic (exact) mass is 745 g/mol. The molecule has 9 atom stereocenters. The first-order chi connectivity index (χ1) is 25.0. The fourth-order valence-electron chi connectivity index (χ4n) is 13.4. The van der Waals surface area contributed by atoms with Crippen molar-refractivity contribution in [2.45, 2.75) is 152 Å². The molecule has 8 nitrogen and oxygen atoms in total. The van der Waals surface area contributed by atoms with E-state index in [9.17, 15) is 29.4 Å². The van der Waals surface area contributed by atoms with Gasteiger partial charge in [-0.2, -0.15) is 0 Å². The first-order valence-corrected chi connectivity index (χ1v) is 20.7. The van der Waals surface area contributed by atoms with Crippen molar-refractivity contribution in [2.75, 3.05) is 6.54 Å². The Labute approximate surface area is 323 Å². The Hall–Kier alpha value is -3.00. The number of aliphatic hydroxyl groups is 1. The summed E-state index contributed by atoms with van der Waals surface area (Å²) in [4.78, 5) is 53.8. The van der Waals surface area contributed by atoms with E-state index >= 15 is 0 Å². The van der Waals surface area contributed by atoms with Gasteiger partial charge in [0.2, 0.25) is 5.91 Å². The first kappa shape index (κ1) is 40.7. The molecule has 4 saturated carbocycles. The van der Waals surface area contributed by atoms with E-state index in [-0.39, 0.29) is 64.3 Å². The summed E-state index contributed by atoms with van der Waals surface area (Å²) in [6.07, 6.45) is 6.50. The minimum absolute atomic E-state index is 0.00282. The van der Waals surface area contributed by atoms with Gasteiger partial charge in [-0.3, -0.25) is 19.2 Å². The molecule has 6 rings (SSSR count). The number of aliphatic hydroxyl groups excluding tert-OH is 1. The Balaban J connectivity index is 1.29. The predicted octanol–water partition coefficient (Wildman–Crippen LogP) is 8.79. The molecule has 4 fully saturated rings. The predicted molar refractivity (Wildman–Crippen MR) is 209 cm³/mol. The summed E-state index contributed by atoms with van der Waals surface area (Å²) < 4.78 is 6.17. The first-order valence-electron chi connectivity index (χ1n) is 20.7. The molecule has 2 N–H and O–H groups in total. The van der Waals surface area contributed by atoms with Crippen LogP contribution in [-0.2, 0) is 30.5 Å². The number of carboxylic acid groups (broad SMARTS) is 1. The summed E-state index contributed by atoms with van der Waals surface area (Å²) in [5.74, 6) is -0.328. The van der Waals surface area contributed by atoms with E-state index in [0.717, 1.165) is 62.5 Å². The van der Waals surface area contributed by atoms with Crippen LogP contribution in [0.15, 0.2) is 41.5 Å². The number of carbonyl (C=O) groups excluding carboxylic acids is 3. The molecule has 0 aliphatic heterocycles. The quantitative estimate of drug-likeness (QED) is 0.230. The highest BCUT2D eigenvalue weighted by Crippen LogP contribution is 2.77. The molecule has 0 saturated heterocycles. The van der Waals surface area contributed by atoms with Gasteiger partial charge in [0.15, 0.2) is 5.78 Å². The van der Waals surface area contributed by atoms with Crippen molar-refractivity contribution in [3.63, 3.8) is 0 Å². The van der Waals surface area contributed by atoms with Crippen LogP contribution in [-0.4, -0.2) is 57.5 Å². The number of allylic oxidation sites excluding steroid dienone is 1. The third-order valence-electron chi connectivity index (χ3n) is 16.6. The van der Waals surface area contributed by atoms with Crippen LogP contribution >= 0.6 is 0 Å². The average Bonchev–Trinajstić information content (AvgIpc) is 3.39. The van der Waals surface area contributed by atoms with Gasteiger partial charge in [-0.1, -0.05) is 84.4 Å². The van der Waals surface area contributed by atoms with Gasteiger partial charge in [0.05, 0.1) is 17.9 Å². The van der Waals surface area contributed by atoms with Crippen molar-refractivity contribution in [1.29, 1.82) is 0 Å². The zero-order valence-corrected chi connectivity index (χ0v) is 34.7. The average molecular weight is 746 g/mol. The zero-order chi connectivity index (χ0) is 39.8. The highest BCUT2D eigenvalue weighted by atomic mass is 16.5. The second-order valence-corrected chi connectivity index (χ2v) is 20.5. The van der Waals surface area contributed by atoms with Crippen LogP contribution in [0, 0.1) is 56.2 Å². The van der Waals surface area contributed by atoms with Gasteiger partial charge in [-0.05, 0) is 116 Å². The van der Waals surface area contributed by atoms with Gasteiger partial charge >= 0.3 is 11.9 Å². The summed E-state index contributed by atoms with van der Waals surface area (Å²) in [6.45, 7) is 21.6. The number of hydrogen-bond acceptors (Lipinski definition) is 6. The summed E-state index contributed by atoms with van der Waals surface area (Å²) in [5.41, 5.74) is 0.991. The Morgan fingerprint density at radius 3 is 2.19 bits per heavy atom. The number of ether oxygens (including phenoxy) is 1. The Morgan fingerprint density at radius 1 is 0.907 bits per heavy atom. The number of aliphatic carboxylic acids is 1. The molecule has 2 unspecified atom stereocenters. The molecule has 1 amide bonds. The van der Waals surface area contributed by atoms with Crippen molar-refractivity contribution in [3.8, 4) is 0 Å². The minimum Gasteiger partial charge on any atom is -0.481 e. The summed E-state index contributed by atoms with van der Waals surface area (Å²) in [6, 6.07) is 9.90. The van der Waals surface area contributed by atoms with E-state index in [0.29, 0.717) is 24.8 Å². The molecule has 298 valence electrons. The number of ketones is 1. The molecule has 1 aromatic rings. The number of amides is 1. The molecular weight excluding hydrogens is 679 g/mol. The molecule has 5 aliphatic rings. The molecule has 5 aliphatic carbocycles. The molecule has 54 heavy (non-hydrogen) atoms. The lowest BCUT2D eigenvalue weighted by molar-refractivity contribution is -0.235. The molecule has 0 aromatic heterocycles. The van der Waals surface area contributed by atoms with Crippen LogP contribution in [0.3, 0.4) is 0 Å². The maximum Gasteiger partial charge on any atom is 0.309 e. The number of esters is 1. The minimum atomic E-state index is -1.18. The van der Waals surface area contributed by atoms with Crippen LogP contribution in [0.5, 0.6) is 0 Å². The Kier molecular flexibility index (Phi) is 10.5. The molecule has 1 aromatic carbocycles. The number of carboxylic acids is 1. The van der Waals surface area contributed by atoms with E-state index in [1.807, 2.05) is 30.3 Å². The fourth-order valence-corrected chi connectivity index (χ4v) is 13.4. The molecule has 0 heterocycles. The van der Waals surface area contributed by atoms with E-state index in [1.165, 1.54) is 5.57 Å². The molecule has 0 spiro atoms. The van der Waals surface area contributed by atoms with Crippen molar-refractivity contribution >= 4 is 23.6 Å². The normalized spacial score (nSPS) is 36.4. The Bertz CT molecular complexity index is 1690. The summed E-state index contributed by atoms with van der Waals surface area (Å²) in [7, 11) is 0. The van der Waals surface area contributed by atoms with Gasteiger partial charge in [0.1, 0.15) is 6.10 Å². The highest BCUT2D eigenvalue weighted by Gasteiger charge is 2.71. The van der Waals surface area contributed by atoms with Crippen molar-refractivity contribution < 1.29 is 34.1 Å². The number of fused-ring (bicyclic) bond motifs is 7. The maximum absolute atomic E-state index is 14.2. The highest BCUT2D eigenvalue weighted by molar-refractivity contribution is 6.00. The number of Topliss-reactive ketones (excluding diaryl/α,β-unsaturated/α-hetero) is 1. The second-order valence-electron chi connectivity index (χ2n) is 20.5.